The molecule has 0 spiro atoms. The van der Waals surface area contributed by atoms with Gasteiger partial charge in [0.1, 0.15) is 18.0 Å². The van der Waals surface area contributed by atoms with Crippen molar-refractivity contribution < 1.29 is 19.1 Å². The lowest BCUT2D eigenvalue weighted by atomic mass is 10.1. The molecule has 0 bridgehead atoms. The molecule has 0 unspecified atom stereocenters. The fraction of sp³-hybridized carbons (Fsp3) is 0.364. The molecule has 2 aromatic rings. The Kier molecular flexibility index (Phi) is 6.56. The van der Waals surface area contributed by atoms with E-state index in [2.05, 4.69) is 0 Å². The average molecular weight is 354 g/mol. The number of hydrogen-bond acceptors (Lipinski definition) is 4. The molecule has 0 saturated heterocycles. The van der Waals surface area contributed by atoms with Crippen LogP contribution in [0.15, 0.2) is 48.5 Å². The van der Waals surface area contributed by atoms with Gasteiger partial charge in [-0.25, -0.2) is 0 Å². The first kappa shape index (κ1) is 19.7. The van der Waals surface area contributed by atoms with E-state index < -0.39 is 5.60 Å². The summed E-state index contributed by atoms with van der Waals surface area (Å²) in [7, 11) is 0. The smallest absolute Gasteiger partial charge is 0.306 e. The van der Waals surface area contributed by atoms with Crippen LogP contribution in [0.3, 0.4) is 0 Å². The molecule has 0 aliphatic rings. The summed E-state index contributed by atoms with van der Waals surface area (Å²) in [4.78, 5) is 23.9. The second kappa shape index (κ2) is 8.65. The van der Waals surface area contributed by atoms with Crippen LogP contribution in [0.5, 0.6) is 5.75 Å². The van der Waals surface area contributed by atoms with Gasteiger partial charge in [-0.05, 0) is 63.1 Å². The molecule has 0 saturated carbocycles. The van der Waals surface area contributed by atoms with E-state index in [4.69, 9.17) is 9.47 Å². The molecular formula is C22H26O4. The first-order valence-corrected chi connectivity index (χ1v) is 8.77. The summed E-state index contributed by atoms with van der Waals surface area (Å²) < 4.78 is 11.0. The highest BCUT2D eigenvalue weighted by Gasteiger charge is 2.17. The van der Waals surface area contributed by atoms with Crippen LogP contribution in [0.1, 0.15) is 55.1 Å². The third kappa shape index (κ3) is 6.36. The first-order valence-electron chi connectivity index (χ1n) is 8.77. The molecule has 4 heteroatoms. The summed E-state index contributed by atoms with van der Waals surface area (Å²) in [6.07, 6.45) is 0.222. The van der Waals surface area contributed by atoms with Crippen molar-refractivity contribution in [1.82, 2.24) is 0 Å². The minimum Gasteiger partial charge on any atom is -0.489 e. The largest absolute Gasteiger partial charge is 0.489 e. The maximum Gasteiger partial charge on any atom is 0.306 e. The number of aryl methyl sites for hydroxylation is 1. The minimum absolute atomic E-state index is 0.0821. The van der Waals surface area contributed by atoms with Gasteiger partial charge in [0.2, 0.25) is 0 Å². The van der Waals surface area contributed by atoms with Crippen LogP contribution >= 0.6 is 0 Å². The van der Waals surface area contributed by atoms with E-state index >= 15 is 0 Å². The third-order valence-electron chi connectivity index (χ3n) is 3.81. The van der Waals surface area contributed by atoms with Gasteiger partial charge in [-0.15, -0.1) is 0 Å². The number of benzene rings is 2. The Morgan fingerprint density at radius 2 is 1.58 bits per heavy atom. The van der Waals surface area contributed by atoms with Crippen LogP contribution in [0, 0.1) is 6.92 Å². The summed E-state index contributed by atoms with van der Waals surface area (Å²) >= 11 is 0. The molecule has 0 atom stereocenters. The van der Waals surface area contributed by atoms with Gasteiger partial charge in [0, 0.05) is 12.0 Å². The molecule has 4 nitrogen and oxygen atoms in total. The van der Waals surface area contributed by atoms with Crippen LogP contribution in [0.2, 0.25) is 0 Å². The predicted molar refractivity (Wildman–Crippen MR) is 101 cm³/mol. The minimum atomic E-state index is -0.532. The molecule has 0 heterocycles. The van der Waals surface area contributed by atoms with Crippen LogP contribution in [0.25, 0.3) is 0 Å². The molecule has 0 amide bonds. The number of hydrogen-bond donors (Lipinski definition) is 0. The van der Waals surface area contributed by atoms with Gasteiger partial charge in [0.15, 0.2) is 5.78 Å². The lowest BCUT2D eigenvalue weighted by Crippen LogP contribution is -2.24. The number of rotatable bonds is 7. The maximum atomic E-state index is 12.2. The fourth-order valence-corrected chi connectivity index (χ4v) is 2.42. The number of ketones is 1. The van der Waals surface area contributed by atoms with Crippen molar-refractivity contribution in [3.63, 3.8) is 0 Å². The van der Waals surface area contributed by atoms with Crippen LogP contribution in [-0.2, 0) is 16.1 Å². The molecule has 0 aromatic heterocycles. The second-order valence-electron chi connectivity index (χ2n) is 7.25. The Balaban J connectivity index is 1.85. The molecule has 0 N–H and O–H groups in total. The molecular weight excluding hydrogens is 328 g/mol. The molecule has 138 valence electrons. The zero-order valence-electron chi connectivity index (χ0n) is 15.9. The SMILES string of the molecule is Cc1ccccc1COc1ccc(C(=O)CCC(=O)OC(C)(C)C)cc1. The first-order chi connectivity index (χ1) is 12.2. The summed E-state index contributed by atoms with van der Waals surface area (Å²) in [5.41, 5.74) is 2.35. The molecule has 0 fully saturated rings. The van der Waals surface area contributed by atoms with Gasteiger partial charge in [-0.2, -0.15) is 0 Å². The Morgan fingerprint density at radius 3 is 2.19 bits per heavy atom. The van der Waals surface area contributed by atoms with Gasteiger partial charge < -0.3 is 9.47 Å². The number of ether oxygens (including phenoxy) is 2. The van der Waals surface area contributed by atoms with E-state index in [1.54, 1.807) is 24.3 Å². The van der Waals surface area contributed by atoms with Crippen molar-refractivity contribution >= 4 is 11.8 Å². The number of esters is 1. The number of carbonyl (C=O) groups is 2. The van der Waals surface area contributed by atoms with Crippen LogP contribution in [0.4, 0.5) is 0 Å². The van der Waals surface area contributed by atoms with E-state index in [1.807, 2.05) is 52.0 Å². The quantitative estimate of drug-likeness (QED) is 0.525. The zero-order chi connectivity index (χ0) is 19.2. The standard InChI is InChI=1S/C22H26O4/c1-16-7-5-6-8-18(16)15-25-19-11-9-17(10-12-19)20(23)13-14-21(24)26-22(2,3)4/h5-12H,13-15H2,1-4H3. The highest BCUT2D eigenvalue weighted by Crippen LogP contribution is 2.17. The van der Waals surface area contributed by atoms with Gasteiger partial charge in [0.05, 0.1) is 6.42 Å². The maximum absolute atomic E-state index is 12.2. The monoisotopic (exact) mass is 354 g/mol. The van der Waals surface area contributed by atoms with Gasteiger partial charge in [-0.3, -0.25) is 9.59 Å². The lowest BCUT2D eigenvalue weighted by molar-refractivity contribution is -0.154. The average Bonchev–Trinajstić information content (AvgIpc) is 2.58. The number of carbonyl (C=O) groups excluding carboxylic acids is 2. The highest BCUT2D eigenvalue weighted by atomic mass is 16.6. The third-order valence-corrected chi connectivity index (χ3v) is 3.81. The van der Waals surface area contributed by atoms with Crippen molar-refractivity contribution in [1.29, 1.82) is 0 Å². The number of Topliss-reactive ketones (excluding diaryl/α,β-unsaturated/α-hetero) is 1. The Labute approximate surface area is 155 Å². The zero-order valence-corrected chi connectivity index (χ0v) is 15.9. The van der Waals surface area contributed by atoms with E-state index in [-0.39, 0.29) is 24.6 Å². The Morgan fingerprint density at radius 1 is 0.923 bits per heavy atom. The summed E-state index contributed by atoms with van der Waals surface area (Å²) in [6.45, 7) is 7.96. The summed E-state index contributed by atoms with van der Waals surface area (Å²) in [6, 6.07) is 15.1. The van der Waals surface area contributed by atoms with Crippen molar-refractivity contribution in [2.45, 2.75) is 52.7 Å². The predicted octanol–water partition coefficient (Wildman–Crippen LogP) is 4.88. The molecule has 2 rings (SSSR count). The van der Waals surface area contributed by atoms with Crippen molar-refractivity contribution in [3.05, 3.63) is 65.2 Å². The second-order valence-corrected chi connectivity index (χ2v) is 7.25. The fourth-order valence-electron chi connectivity index (χ4n) is 2.42. The topological polar surface area (TPSA) is 52.6 Å². The normalized spacial score (nSPS) is 11.1. The molecule has 26 heavy (non-hydrogen) atoms. The highest BCUT2D eigenvalue weighted by molar-refractivity contribution is 5.97. The van der Waals surface area contributed by atoms with E-state index in [9.17, 15) is 9.59 Å². The summed E-state index contributed by atoms with van der Waals surface area (Å²) in [5, 5.41) is 0. The van der Waals surface area contributed by atoms with Gasteiger partial charge in [0.25, 0.3) is 0 Å². The Hall–Kier alpha value is -2.62. The van der Waals surface area contributed by atoms with Crippen molar-refractivity contribution in [2.75, 3.05) is 0 Å². The molecule has 0 radical (unpaired) electrons. The van der Waals surface area contributed by atoms with E-state index in [0.717, 1.165) is 5.56 Å². The lowest BCUT2D eigenvalue weighted by Gasteiger charge is -2.19. The van der Waals surface area contributed by atoms with Crippen LogP contribution < -0.4 is 4.74 Å². The molecule has 0 aliphatic heterocycles. The van der Waals surface area contributed by atoms with Gasteiger partial charge in [-0.1, -0.05) is 24.3 Å². The van der Waals surface area contributed by atoms with Gasteiger partial charge >= 0.3 is 5.97 Å². The Bertz CT molecular complexity index is 754. The molecule has 2 aromatic carbocycles. The van der Waals surface area contributed by atoms with E-state index in [1.165, 1.54) is 5.56 Å². The van der Waals surface area contributed by atoms with E-state index in [0.29, 0.717) is 17.9 Å². The molecule has 0 aliphatic carbocycles. The van der Waals surface area contributed by atoms with Crippen LogP contribution in [-0.4, -0.2) is 17.4 Å². The van der Waals surface area contributed by atoms with Crippen molar-refractivity contribution in [2.24, 2.45) is 0 Å². The van der Waals surface area contributed by atoms with Crippen molar-refractivity contribution in [3.8, 4) is 5.75 Å². The summed E-state index contributed by atoms with van der Waals surface area (Å²) in [5.74, 6) is 0.266.